The standard InChI is InChI=1S/C24H27Cl2FN4O6S2/c1-14(2)29-13-22-30(39(36,37)21-11-17(27)8-9-18(21)26)12-19(28-38(3,34)35)23(32)31(22)20(24(29)33)10-15-4-6-16(25)7-5-15/h4-9,11,14,19-20,22,28H,10,12-13H2,1-3H3. The second-order valence-electron chi connectivity index (χ2n) is 9.75. The molecule has 0 saturated carbocycles. The molecule has 3 atom stereocenters. The summed E-state index contributed by atoms with van der Waals surface area (Å²) in [7, 11) is -8.57. The van der Waals surface area contributed by atoms with E-state index in [0.29, 0.717) is 10.6 Å². The second-order valence-corrected chi connectivity index (χ2v) is 14.2. The summed E-state index contributed by atoms with van der Waals surface area (Å²) in [6.45, 7) is 2.74. The van der Waals surface area contributed by atoms with E-state index in [1.807, 2.05) is 0 Å². The highest BCUT2D eigenvalue weighted by Gasteiger charge is 2.54. The van der Waals surface area contributed by atoms with Crippen molar-refractivity contribution in [3.05, 3.63) is 63.9 Å². The lowest BCUT2D eigenvalue weighted by Crippen LogP contribution is -2.76. The first-order valence-electron chi connectivity index (χ1n) is 11.9. The van der Waals surface area contributed by atoms with E-state index < -0.39 is 67.4 Å². The van der Waals surface area contributed by atoms with Crippen LogP contribution in [0.2, 0.25) is 10.0 Å². The number of hydrogen-bond donors (Lipinski definition) is 1. The zero-order valence-corrected chi connectivity index (χ0v) is 24.4. The molecule has 4 rings (SSSR count). The van der Waals surface area contributed by atoms with Gasteiger partial charge in [-0.2, -0.15) is 4.31 Å². The van der Waals surface area contributed by atoms with E-state index in [-0.39, 0.29) is 24.0 Å². The Labute approximate surface area is 236 Å². The van der Waals surface area contributed by atoms with Gasteiger partial charge in [0.15, 0.2) is 0 Å². The summed E-state index contributed by atoms with van der Waals surface area (Å²) in [5.74, 6) is -2.03. The first kappa shape index (κ1) is 29.7. The summed E-state index contributed by atoms with van der Waals surface area (Å²) in [4.78, 5) is 29.5. The fourth-order valence-corrected chi connectivity index (χ4v) is 7.75. The number of rotatable bonds is 7. The summed E-state index contributed by atoms with van der Waals surface area (Å²) in [6.07, 6.45) is -0.361. The number of sulfonamides is 2. The Morgan fingerprint density at radius 3 is 2.23 bits per heavy atom. The van der Waals surface area contributed by atoms with E-state index in [1.165, 1.54) is 4.90 Å². The van der Waals surface area contributed by atoms with Gasteiger partial charge < -0.3 is 9.80 Å². The van der Waals surface area contributed by atoms with Crippen molar-refractivity contribution in [2.75, 3.05) is 19.3 Å². The molecule has 2 saturated heterocycles. The fraction of sp³-hybridized carbons (Fsp3) is 0.417. The molecule has 212 valence electrons. The SMILES string of the molecule is CC(C)N1CC2N(C(=O)C(NS(C)(=O)=O)CN2S(=O)(=O)c2cc(F)ccc2Cl)C(Cc2ccc(Cl)cc2)C1=O. The number of amides is 2. The molecule has 10 nitrogen and oxygen atoms in total. The van der Waals surface area contributed by atoms with Crippen molar-refractivity contribution in [3.63, 3.8) is 0 Å². The van der Waals surface area contributed by atoms with Gasteiger partial charge in [-0.25, -0.2) is 25.9 Å². The molecule has 2 aromatic rings. The van der Waals surface area contributed by atoms with E-state index in [0.717, 1.165) is 33.7 Å². The Kier molecular flexibility index (Phi) is 8.33. The van der Waals surface area contributed by atoms with Crippen LogP contribution in [0.3, 0.4) is 0 Å². The van der Waals surface area contributed by atoms with Gasteiger partial charge in [0.05, 0.1) is 17.8 Å². The third kappa shape index (κ3) is 6.08. The molecule has 1 N–H and O–H groups in total. The number of carbonyl (C=O) groups excluding carboxylic acids is 2. The molecule has 0 aliphatic carbocycles. The molecule has 0 bridgehead atoms. The van der Waals surface area contributed by atoms with Crippen molar-refractivity contribution in [1.82, 2.24) is 18.8 Å². The van der Waals surface area contributed by atoms with Gasteiger partial charge in [-0.15, -0.1) is 0 Å². The van der Waals surface area contributed by atoms with Crippen LogP contribution in [0.25, 0.3) is 0 Å². The van der Waals surface area contributed by atoms with E-state index in [1.54, 1.807) is 38.1 Å². The Morgan fingerprint density at radius 1 is 1.00 bits per heavy atom. The van der Waals surface area contributed by atoms with Crippen LogP contribution in [-0.4, -0.2) is 86.4 Å². The Bertz CT molecular complexity index is 1500. The van der Waals surface area contributed by atoms with Crippen LogP contribution in [0.15, 0.2) is 47.4 Å². The lowest BCUT2D eigenvalue weighted by Gasteiger charge is -2.54. The highest BCUT2D eigenvalue weighted by atomic mass is 35.5. The number of hydrogen-bond acceptors (Lipinski definition) is 6. The monoisotopic (exact) mass is 620 g/mol. The minimum atomic E-state index is -4.59. The van der Waals surface area contributed by atoms with Crippen molar-refractivity contribution >= 4 is 55.1 Å². The molecule has 0 aromatic heterocycles. The molecule has 2 aliphatic heterocycles. The van der Waals surface area contributed by atoms with Gasteiger partial charge in [-0.1, -0.05) is 35.3 Å². The van der Waals surface area contributed by atoms with Crippen LogP contribution < -0.4 is 4.72 Å². The smallest absolute Gasteiger partial charge is 0.246 e. The lowest BCUT2D eigenvalue weighted by atomic mass is 9.96. The molecular weight excluding hydrogens is 594 g/mol. The first-order chi connectivity index (χ1) is 18.1. The summed E-state index contributed by atoms with van der Waals surface area (Å²) < 4.78 is 69.4. The van der Waals surface area contributed by atoms with Crippen molar-refractivity contribution in [1.29, 1.82) is 0 Å². The van der Waals surface area contributed by atoms with Gasteiger partial charge in [-0.05, 0) is 49.7 Å². The van der Waals surface area contributed by atoms with Crippen molar-refractivity contribution in [2.24, 2.45) is 0 Å². The van der Waals surface area contributed by atoms with Crippen LogP contribution in [0.4, 0.5) is 4.39 Å². The molecular formula is C24H27Cl2FN4O6S2. The van der Waals surface area contributed by atoms with Gasteiger partial charge in [0, 0.05) is 24.0 Å². The molecule has 3 unspecified atom stereocenters. The van der Waals surface area contributed by atoms with E-state index in [2.05, 4.69) is 4.72 Å². The third-order valence-electron chi connectivity index (χ3n) is 6.63. The summed E-state index contributed by atoms with van der Waals surface area (Å²) in [5, 5.41) is 0.212. The van der Waals surface area contributed by atoms with E-state index >= 15 is 0 Å². The molecule has 0 radical (unpaired) electrons. The van der Waals surface area contributed by atoms with Gasteiger partial charge >= 0.3 is 0 Å². The van der Waals surface area contributed by atoms with E-state index in [4.69, 9.17) is 23.2 Å². The molecule has 2 fully saturated rings. The van der Waals surface area contributed by atoms with Crippen LogP contribution in [-0.2, 0) is 36.1 Å². The van der Waals surface area contributed by atoms with Crippen LogP contribution >= 0.6 is 23.2 Å². The number of halogens is 3. The Balaban J connectivity index is 1.87. The maximum absolute atomic E-state index is 14.1. The predicted molar refractivity (Wildman–Crippen MR) is 143 cm³/mol. The average Bonchev–Trinajstić information content (AvgIpc) is 2.83. The zero-order chi connectivity index (χ0) is 28.9. The van der Waals surface area contributed by atoms with Gasteiger partial charge in [0.25, 0.3) is 0 Å². The molecule has 2 amide bonds. The number of fused-ring (bicyclic) bond motifs is 1. The second kappa shape index (κ2) is 10.9. The number of carbonyl (C=O) groups is 2. The summed E-state index contributed by atoms with van der Waals surface area (Å²) in [5.41, 5.74) is 0.649. The number of nitrogens with one attached hydrogen (secondary N) is 1. The van der Waals surface area contributed by atoms with Crippen molar-refractivity contribution in [2.45, 2.75) is 49.5 Å². The predicted octanol–water partition coefficient (Wildman–Crippen LogP) is 2.07. The van der Waals surface area contributed by atoms with Crippen molar-refractivity contribution < 1.29 is 30.8 Å². The quantitative estimate of drug-likeness (QED) is 0.505. The summed E-state index contributed by atoms with van der Waals surface area (Å²) in [6, 6.07) is 6.41. The average molecular weight is 622 g/mol. The van der Waals surface area contributed by atoms with Crippen molar-refractivity contribution in [3.8, 4) is 0 Å². The first-order valence-corrected chi connectivity index (χ1v) is 16.0. The third-order valence-corrected chi connectivity index (χ3v) is 9.94. The summed E-state index contributed by atoms with van der Waals surface area (Å²) >= 11 is 12.2. The zero-order valence-electron chi connectivity index (χ0n) is 21.2. The molecule has 2 heterocycles. The normalized spacial score (nSPS) is 22.9. The van der Waals surface area contributed by atoms with E-state index in [9.17, 15) is 30.8 Å². The Morgan fingerprint density at radius 2 is 1.64 bits per heavy atom. The molecule has 39 heavy (non-hydrogen) atoms. The minimum absolute atomic E-state index is 0.0155. The number of nitrogens with zero attached hydrogens (tertiary/aromatic N) is 3. The lowest BCUT2D eigenvalue weighted by molar-refractivity contribution is -0.168. The fourth-order valence-electron chi connectivity index (χ4n) is 4.86. The van der Waals surface area contributed by atoms with Gasteiger partial charge in [0.2, 0.25) is 31.9 Å². The largest absolute Gasteiger partial charge is 0.335 e. The topological polar surface area (TPSA) is 124 Å². The van der Waals surface area contributed by atoms with Gasteiger partial charge in [-0.3, -0.25) is 9.59 Å². The highest BCUT2D eigenvalue weighted by Crippen LogP contribution is 2.34. The molecule has 0 spiro atoms. The number of benzene rings is 2. The molecule has 2 aromatic carbocycles. The highest BCUT2D eigenvalue weighted by molar-refractivity contribution is 7.89. The maximum atomic E-state index is 14.1. The number of piperazine rings is 1. The molecule has 15 heteroatoms. The van der Waals surface area contributed by atoms with Crippen LogP contribution in [0.1, 0.15) is 19.4 Å². The minimum Gasteiger partial charge on any atom is -0.335 e. The molecule has 2 aliphatic rings. The van der Waals surface area contributed by atoms with Crippen LogP contribution in [0.5, 0.6) is 0 Å². The van der Waals surface area contributed by atoms with Gasteiger partial charge in [0.1, 0.15) is 29.0 Å². The maximum Gasteiger partial charge on any atom is 0.246 e. The Hall–Kier alpha value is -2.29. The van der Waals surface area contributed by atoms with Crippen LogP contribution in [0, 0.1) is 5.82 Å².